The molecule has 4 atom stereocenters. The van der Waals surface area contributed by atoms with E-state index in [9.17, 15) is 5.26 Å². The summed E-state index contributed by atoms with van der Waals surface area (Å²) < 4.78 is 0. The first-order chi connectivity index (χ1) is 8.60. The van der Waals surface area contributed by atoms with Crippen LogP contribution in [0.4, 0.5) is 0 Å². The maximum absolute atomic E-state index is 9.32. The lowest BCUT2D eigenvalue weighted by Crippen LogP contribution is -2.38. The first-order valence-corrected chi connectivity index (χ1v) is 6.80. The molecule has 18 heavy (non-hydrogen) atoms. The van der Waals surface area contributed by atoms with Crippen molar-refractivity contribution in [3.63, 3.8) is 0 Å². The Morgan fingerprint density at radius 2 is 1.78 bits per heavy atom. The number of nitriles is 1. The Morgan fingerprint density at radius 1 is 1.17 bits per heavy atom. The van der Waals surface area contributed by atoms with E-state index in [1.165, 1.54) is 5.56 Å². The minimum atomic E-state index is -0.0878. The number of benzene rings is 1. The zero-order valence-electron chi connectivity index (χ0n) is 11.9. The normalized spacial score (nSPS) is 17.5. The molecule has 0 aromatic heterocycles. The lowest BCUT2D eigenvalue weighted by molar-refractivity contribution is 0.302. The van der Waals surface area contributed by atoms with Gasteiger partial charge in [0.1, 0.15) is 0 Å². The van der Waals surface area contributed by atoms with Crippen molar-refractivity contribution in [2.24, 2.45) is 11.8 Å². The minimum Gasteiger partial charge on any atom is -0.295 e. The average molecular weight is 244 g/mol. The molecule has 98 valence electrons. The van der Waals surface area contributed by atoms with Crippen molar-refractivity contribution in [3.8, 4) is 6.07 Å². The second kappa shape index (κ2) is 7.18. The van der Waals surface area contributed by atoms with Gasteiger partial charge in [-0.25, -0.2) is 0 Å². The van der Waals surface area contributed by atoms with Crippen LogP contribution >= 0.6 is 0 Å². The number of hydrogen-bond acceptors (Lipinski definition) is 2. The second-order valence-corrected chi connectivity index (χ2v) is 5.15. The van der Waals surface area contributed by atoms with Gasteiger partial charge >= 0.3 is 0 Å². The van der Waals surface area contributed by atoms with Gasteiger partial charge in [0.25, 0.3) is 0 Å². The summed E-state index contributed by atoms with van der Waals surface area (Å²) in [5, 5.41) is 12.8. The first kappa shape index (κ1) is 14.7. The topological polar surface area (TPSA) is 35.8 Å². The SMILES string of the molecule is CC[C@H](C)[C@H](C)[C@@H](C#N)N[C@@H](C)c1ccccc1. The van der Waals surface area contributed by atoms with Crippen LogP contribution in [0, 0.1) is 23.2 Å². The third kappa shape index (κ3) is 3.85. The van der Waals surface area contributed by atoms with Gasteiger partial charge in [-0.1, -0.05) is 57.5 Å². The summed E-state index contributed by atoms with van der Waals surface area (Å²) in [6.45, 7) is 8.66. The first-order valence-electron chi connectivity index (χ1n) is 6.80. The van der Waals surface area contributed by atoms with Crippen LogP contribution in [0.5, 0.6) is 0 Å². The van der Waals surface area contributed by atoms with Crippen LogP contribution in [0.3, 0.4) is 0 Å². The van der Waals surface area contributed by atoms with E-state index < -0.39 is 0 Å². The standard InChI is InChI=1S/C16H24N2/c1-5-12(2)13(3)16(11-17)18-14(4)15-9-7-6-8-10-15/h6-10,12-14,16,18H,5H2,1-4H3/t12-,13-,14-,16+/m0/s1. The van der Waals surface area contributed by atoms with Crippen LogP contribution in [0.1, 0.15) is 45.7 Å². The Bertz CT molecular complexity index is 380. The van der Waals surface area contributed by atoms with Crippen molar-refractivity contribution < 1.29 is 0 Å². The van der Waals surface area contributed by atoms with Gasteiger partial charge in [-0.3, -0.25) is 5.32 Å². The highest BCUT2D eigenvalue weighted by Gasteiger charge is 2.23. The summed E-state index contributed by atoms with van der Waals surface area (Å²) in [5.74, 6) is 0.927. The Kier molecular flexibility index (Phi) is 5.88. The molecule has 0 aliphatic rings. The van der Waals surface area contributed by atoms with Gasteiger partial charge < -0.3 is 0 Å². The highest BCUT2D eigenvalue weighted by atomic mass is 14.9. The zero-order valence-corrected chi connectivity index (χ0v) is 11.9. The van der Waals surface area contributed by atoms with E-state index in [1.54, 1.807) is 0 Å². The molecule has 0 saturated carbocycles. The largest absolute Gasteiger partial charge is 0.295 e. The molecule has 1 N–H and O–H groups in total. The summed E-state index contributed by atoms with van der Waals surface area (Å²) in [5.41, 5.74) is 1.23. The summed E-state index contributed by atoms with van der Waals surface area (Å²) in [6, 6.07) is 12.8. The van der Waals surface area contributed by atoms with Crippen molar-refractivity contribution in [2.45, 2.75) is 46.2 Å². The van der Waals surface area contributed by atoms with Crippen LogP contribution < -0.4 is 5.32 Å². The van der Waals surface area contributed by atoms with Gasteiger partial charge in [0, 0.05) is 6.04 Å². The maximum atomic E-state index is 9.32. The van der Waals surface area contributed by atoms with Crippen molar-refractivity contribution in [3.05, 3.63) is 35.9 Å². The molecule has 0 bridgehead atoms. The van der Waals surface area contributed by atoms with Crippen LogP contribution in [-0.4, -0.2) is 6.04 Å². The fourth-order valence-corrected chi connectivity index (χ4v) is 2.11. The van der Waals surface area contributed by atoms with Crippen LogP contribution in [0.15, 0.2) is 30.3 Å². The molecule has 0 heterocycles. The predicted octanol–water partition coefficient (Wildman–Crippen LogP) is 3.91. The molecule has 0 saturated heterocycles. The van der Waals surface area contributed by atoms with E-state index in [0.717, 1.165) is 6.42 Å². The third-order valence-corrected chi connectivity index (χ3v) is 3.94. The smallest absolute Gasteiger partial charge is 0.0985 e. The van der Waals surface area contributed by atoms with Gasteiger partial charge in [0.15, 0.2) is 0 Å². The van der Waals surface area contributed by atoms with Crippen LogP contribution in [0.2, 0.25) is 0 Å². The molecule has 0 radical (unpaired) electrons. The number of nitrogens with zero attached hydrogens (tertiary/aromatic N) is 1. The van der Waals surface area contributed by atoms with Crippen LogP contribution in [-0.2, 0) is 0 Å². The van der Waals surface area contributed by atoms with Gasteiger partial charge in [-0.15, -0.1) is 0 Å². The summed E-state index contributed by atoms with van der Waals surface area (Å²) in [4.78, 5) is 0. The van der Waals surface area contributed by atoms with Gasteiger partial charge in [-0.05, 0) is 24.3 Å². The molecular formula is C16H24N2. The van der Waals surface area contributed by atoms with Crippen molar-refractivity contribution in [1.29, 1.82) is 5.26 Å². The predicted molar refractivity (Wildman–Crippen MR) is 76.0 cm³/mol. The summed E-state index contributed by atoms with van der Waals surface area (Å²) in [7, 11) is 0. The highest BCUT2D eigenvalue weighted by Crippen LogP contribution is 2.21. The summed E-state index contributed by atoms with van der Waals surface area (Å²) >= 11 is 0. The van der Waals surface area contributed by atoms with E-state index in [4.69, 9.17) is 0 Å². The van der Waals surface area contributed by atoms with E-state index in [1.807, 2.05) is 18.2 Å². The van der Waals surface area contributed by atoms with E-state index in [2.05, 4.69) is 51.2 Å². The molecule has 1 aromatic carbocycles. The molecule has 0 unspecified atom stereocenters. The zero-order chi connectivity index (χ0) is 13.5. The third-order valence-electron chi connectivity index (χ3n) is 3.94. The average Bonchev–Trinajstić information content (AvgIpc) is 2.43. The van der Waals surface area contributed by atoms with Crippen LogP contribution in [0.25, 0.3) is 0 Å². The maximum Gasteiger partial charge on any atom is 0.0985 e. The van der Waals surface area contributed by atoms with Crippen molar-refractivity contribution in [2.75, 3.05) is 0 Å². The lowest BCUT2D eigenvalue weighted by atomic mass is 9.87. The van der Waals surface area contributed by atoms with E-state index >= 15 is 0 Å². The number of rotatable bonds is 6. The highest BCUT2D eigenvalue weighted by molar-refractivity contribution is 5.18. The molecule has 0 spiro atoms. The van der Waals surface area contributed by atoms with Gasteiger partial charge in [0.2, 0.25) is 0 Å². The summed E-state index contributed by atoms with van der Waals surface area (Å²) in [6.07, 6.45) is 1.11. The fourth-order valence-electron chi connectivity index (χ4n) is 2.11. The molecule has 0 aliphatic carbocycles. The number of hydrogen-bond donors (Lipinski definition) is 1. The molecule has 0 amide bonds. The van der Waals surface area contributed by atoms with Crippen molar-refractivity contribution >= 4 is 0 Å². The molecule has 2 heteroatoms. The Morgan fingerprint density at radius 3 is 2.28 bits per heavy atom. The Hall–Kier alpha value is -1.33. The molecular weight excluding hydrogens is 220 g/mol. The van der Waals surface area contributed by atoms with E-state index in [0.29, 0.717) is 11.8 Å². The fraction of sp³-hybridized carbons (Fsp3) is 0.562. The van der Waals surface area contributed by atoms with E-state index in [-0.39, 0.29) is 12.1 Å². The molecule has 1 rings (SSSR count). The molecule has 0 fully saturated rings. The second-order valence-electron chi connectivity index (χ2n) is 5.15. The van der Waals surface area contributed by atoms with Gasteiger partial charge in [0.05, 0.1) is 12.1 Å². The Labute approximate surface area is 111 Å². The number of nitrogens with one attached hydrogen (secondary N) is 1. The molecule has 2 nitrogen and oxygen atoms in total. The van der Waals surface area contributed by atoms with Gasteiger partial charge in [-0.2, -0.15) is 5.26 Å². The molecule has 1 aromatic rings. The quantitative estimate of drug-likeness (QED) is 0.823. The lowest BCUT2D eigenvalue weighted by Gasteiger charge is -2.27. The Balaban J connectivity index is 2.67. The molecule has 0 aliphatic heterocycles. The van der Waals surface area contributed by atoms with Crippen molar-refractivity contribution in [1.82, 2.24) is 5.32 Å². The monoisotopic (exact) mass is 244 g/mol. The minimum absolute atomic E-state index is 0.0878.